The zero-order chi connectivity index (χ0) is 22.2. The molecule has 1 saturated carbocycles. The number of hydrogen-bond acceptors (Lipinski definition) is 5. The summed E-state index contributed by atoms with van der Waals surface area (Å²) in [6, 6.07) is 7.72. The van der Waals surface area contributed by atoms with E-state index in [9.17, 15) is 9.59 Å². The van der Waals surface area contributed by atoms with E-state index >= 15 is 0 Å². The smallest absolute Gasteiger partial charge is 0.254 e. The molecule has 0 spiro atoms. The predicted octanol–water partition coefficient (Wildman–Crippen LogP) is 3.74. The molecular formula is C25H30N4O3. The normalized spacial score (nSPS) is 20.9. The molecule has 1 saturated heterocycles. The van der Waals surface area contributed by atoms with Crippen LogP contribution in [0.25, 0.3) is 0 Å². The number of anilines is 1. The van der Waals surface area contributed by atoms with E-state index in [1.807, 2.05) is 41.0 Å². The van der Waals surface area contributed by atoms with Gasteiger partial charge in [0.25, 0.3) is 5.91 Å². The molecule has 7 nitrogen and oxygen atoms in total. The summed E-state index contributed by atoms with van der Waals surface area (Å²) in [6.45, 7) is 3.22. The topological polar surface area (TPSA) is 75.6 Å². The van der Waals surface area contributed by atoms with Crippen molar-refractivity contribution < 1.29 is 14.3 Å². The Bertz CT molecular complexity index is 1030. The minimum atomic E-state index is -0.169. The van der Waals surface area contributed by atoms with Crippen molar-refractivity contribution >= 4 is 17.6 Å². The maximum absolute atomic E-state index is 13.4. The fraction of sp³-hybridized carbons (Fsp3) is 0.520. The highest BCUT2D eigenvalue weighted by molar-refractivity contribution is 5.96. The Hall–Kier alpha value is -2.80. The number of carbonyl (C=O) groups excluding carboxylic acids is 2. The molecule has 0 bridgehead atoms. The second-order valence-electron chi connectivity index (χ2n) is 9.10. The molecule has 2 aliphatic heterocycles. The van der Waals surface area contributed by atoms with E-state index in [-0.39, 0.29) is 23.9 Å². The summed E-state index contributed by atoms with van der Waals surface area (Å²) < 4.78 is 5.17. The number of fused-ring (bicyclic) bond motifs is 1. The van der Waals surface area contributed by atoms with Gasteiger partial charge in [0.05, 0.1) is 12.6 Å². The third-order valence-electron chi connectivity index (χ3n) is 6.78. The number of aromatic nitrogens is 2. The lowest BCUT2D eigenvalue weighted by Crippen LogP contribution is -2.41. The largest absolute Gasteiger partial charge is 0.380 e. The maximum atomic E-state index is 13.4. The first kappa shape index (κ1) is 21.1. The van der Waals surface area contributed by atoms with Crippen molar-refractivity contribution in [3.05, 3.63) is 52.5 Å². The van der Waals surface area contributed by atoms with E-state index in [0.717, 1.165) is 54.7 Å². The first-order valence-corrected chi connectivity index (χ1v) is 11.6. The highest BCUT2D eigenvalue weighted by Gasteiger charge is 2.40. The molecule has 2 aromatic rings. The number of ether oxygens (including phenoxy) is 1. The van der Waals surface area contributed by atoms with Gasteiger partial charge in [-0.3, -0.25) is 14.5 Å². The molecule has 168 valence electrons. The lowest BCUT2D eigenvalue weighted by Gasteiger charge is -2.36. The third kappa shape index (κ3) is 3.90. The van der Waals surface area contributed by atoms with Crippen molar-refractivity contribution in [2.45, 2.75) is 70.6 Å². The number of nitrogens with zero attached hydrogens (tertiary/aromatic N) is 4. The van der Waals surface area contributed by atoms with Gasteiger partial charge >= 0.3 is 0 Å². The number of aryl methyl sites for hydroxylation is 1. The lowest BCUT2D eigenvalue weighted by molar-refractivity contribution is -0.119. The van der Waals surface area contributed by atoms with Crippen LogP contribution in [0.2, 0.25) is 0 Å². The molecule has 1 atom stereocenters. The van der Waals surface area contributed by atoms with Crippen molar-refractivity contribution in [1.82, 2.24) is 14.9 Å². The van der Waals surface area contributed by atoms with Crippen molar-refractivity contribution in [2.24, 2.45) is 0 Å². The molecule has 3 heterocycles. The molecule has 0 N–H and O–H groups in total. The number of amides is 2. The quantitative estimate of drug-likeness (QED) is 0.717. The number of likely N-dealkylation sites (tertiary alicyclic amines) is 1. The van der Waals surface area contributed by atoms with Crippen molar-refractivity contribution in [1.29, 1.82) is 0 Å². The summed E-state index contributed by atoms with van der Waals surface area (Å²) in [7, 11) is 1.66. The Labute approximate surface area is 188 Å². The van der Waals surface area contributed by atoms with E-state index in [2.05, 4.69) is 0 Å². The van der Waals surface area contributed by atoms with E-state index in [0.29, 0.717) is 37.4 Å². The Morgan fingerprint density at radius 2 is 1.88 bits per heavy atom. The summed E-state index contributed by atoms with van der Waals surface area (Å²) in [5.74, 6) is 1.63. The maximum Gasteiger partial charge on any atom is 0.254 e. The van der Waals surface area contributed by atoms with Gasteiger partial charge in [0.1, 0.15) is 5.82 Å². The van der Waals surface area contributed by atoms with Gasteiger partial charge in [0.2, 0.25) is 5.91 Å². The van der Waals surface area contributed by atoms with Crippen molar-refractivity contribution in [3.8, 4) is 0 Å². The molecule has 1 aliphatic carbocycles. The molecule has 0 radical (unpaired) electrons. The second kappa shape index (κ2) is 8.62. The van der Waals surface area contributed by atoms with E-state index < -0.39 is 0 Å². The first-order chi connectivity index (χ1) is 15.6. The highest BCUT2D eigenvalue weighted by Crippen LogP contribution is 2.39. The number of rotatable bonds is 5. The fourth-order valence-corrected chi connectivity index (χ4v) is 4.94. The van der Waals surface area contributed by atoms with Crippen LogP contribution in [0.15, 0.2) is 24.3 Å². The zero-order valence-electron chi connectivity index (χ0n) is 18.8. The van der Waals surface area contributed by atoms with Crippen LogP contribution < -0.4 is 4.90 Å². The van der Waals surface area contributed by atoms with Crippen LogP contribution in [0.4, 0.5) is 5.82 Å². The molecule has 7 heteroatoms. The Balaban J connectivity index is 1.47. The molecule has 5 rings (SSSR count). The Morgan fingerprint density at radius 3 is 2.59 bits per heavy atom. The third-order valence-corrected chi connectivity index (χ3v) is 6.78. The summed E-state index contributed by atoms with van der Waals surface area (Å²) in [6.07, 6.45) is 6.15. The number of methoxy groups -OCH3 is 1. The van der Waals surface area contributed by atoms with E-state index in [4.69, 9.17) is 14.7 Å². The summed E-state index contributed by atoms with van der Waals surface area (Å²) in [5, 5.41) is 0. The summed E-state index contributed by atoms with van der Waals surface area (Å²) in [5.41, 5.74) is 3.73. The highest BCUT2D eigenvalue weighted by atomic mass is 16.5. The Kier molecular flexibility index (Phi) is 5.67. The minimum absolute atomic E-state index is 0.00719. The predicted molar refractivity (Wildman–Crippen MR) is 120 cm³/mol. The summed E-state index contributed by atoms with van der Waals surface area (Å²) in [4.78, 5) is 39.7. The number of piperidine rings is 1. The van der Waals surface area contributed by atoms with Gasteiger partial charge in [-0.05, 0) is 63.1 Å². The molecule has 3 aliphatic rings. The molecule has 2 amide bonds. The number of carbonyl (C=O) groups is 2. The molecule has 1 aromatic carbocycles. The van der Waals surface area contributed by atoms with Crippen molar-refractivity contribution in [3.63, 3.8) is 0 Å². The van der Waals surface area contributed by atoms with Gasteiger partial charge in [0.15, 0.2) is 5.82 Å². The SMILES string of the molecule is COCc1ccc(C(=O)N2CCCC[C@H]2c2nc(C)c3c(n2)N(C2CC2)C(=O)CC3)cc1. The van der Waals surface area contributed by atoms with Gasteiger partial charge in [-0.25, -0.2) is 9.97 Å². The standard InChI is InChI=1S/C25H30N4O3/c1-16-20-12-13-22(30)29(19-10-11-19)24(20)27-23(26-16)21-5-3-4-14-28(21)25(31)18-8-6-17(7-9-18)15-32-2/h6-9,19,21H,3-5,10-15H2,1-2H3/t21-/m0/s1. The first-order valence-electron chi connectivity index (χ1n) is 11.6. The van der Waals surface area contributed by atoms with Gasteiger partial charge < -0.3 is 9.64 Å². The van der Waals surface area contributed by atoms with Crippen LogP contribution in [0, 0.1) is 6.92 Å². The van der Waals surface area contributed by atoms with Gasteiger partial charge in [-0.2, -0.15) is 0 Å². The molecule has 32 heavy (non-hydrogen) atoms. The van der Waals surface area contributed by atoms with Crippen LogP contribution in [-0.2, 0) is 22.6 Å². The average molecular weight is 435 g/mol. The molecular weight excluding hydrogens is 404 g/mol. The van der Waals surface area contributed by atoms with Gasteiger partial charge in [-0.15, -0.1) is 0 Å². The van der Waals surface area contributed by atoms with Gasteiger partial charge in [-0.1, -0.05) is 12.1 Å². The summed E-state index contributed by atoms with van der Waals surface area (Å²) >= 11 is 0. The van der Waals surface area contributed by atoms with Crippen LogP contribution >= 0.6 is 0 Å². The molecule has 0 unspecified atom stereocenters. The van der Waals surface area contributed by atoms with Crippen LogP contribution in [-0.4, -0.2) is 46.4 Å². The molecule has 1 aromatic heterocycles. The van der Waals surface area contributed by atoms with Crippen LogP contribution in [0.1, 0.15) is 77.6 Å². The average Bonchev–Trinajstić information content (AvgIpc) is 3.64. The van der Waals surface area contributed by atoms with Crippen LogP contribution in [0.5, 0.6) is 0 Å². The van der Waals surface area contributed by atoms with Crippen LogP contribution in [0.3, 0.4) is 0 Å². The van der Waals surface area contributed by atoms with Gasteiger partial charge in [0, 0.05) is 42.9 Å². The second-order valence-corrected chi connectivity index (χ2v) is 9.10. The fourth-order valence-electron chi connectivity index (χ4n) is 4.94. The number of hydrogen-bond donors (Lipinski definition) is 0. The molecule has 2 fully saturated rings. The van der Waals surface area contributed by atoms with E-state index in [1.54, 1.807) is 7.11 Å². The lowest BCUT2D eigenvalue weighted by atomic mass is 9.98. The van der Waals surface area contributed by atoms with E-state index in [1.165, 1.54) is 0 Å². The monoisotopic (exact) mass is 434 g/mol. The zero-order valence-corrected chi connectivity index (χ0v) is 18.8. The number of benzene rings is 1. The minimum Gasteiger partial charge on any atom is -0.380 e. The van der Waals surface area contributed by atoms with Crippen molar-refractivity contribution in [2.75, 3.05) is 18.6 Å². The Morgan fingerprint density at radius 1 is 1.09 bits per heavy atom.